The highest BCUT2D eigenvalue weighted by Gasteiger charge is 2.34. The van der Waals surface area contributed by atoms with Crippen LogP contribution < -0.4 is 10.6 Å². The number of piperidine rings is 1. The summed E-state index contributed by atoms with van der Waals surface area (Å²) < 4.78 is 43.6. The first-order valence-corrected chi connectivity index (χ1v) is 10.6. The molecule has 0 spiro atoms. The van der Waals surface area contributed by atoms with Gasteiger partial charge in [-0.1, -0.05) is 6.42 Å². The van der Waals surface area contributed by atoms with Crippen LogP contribution >= 0.6 is 24.0 Å². The summed E-state index contributed by atoms with van der Waals surface area (Å²) in [6, 6.07) is 3.92. The van der Waals surface area contributed by atoms with Crippen molar-refractivity contribution in [3.05, 3.63) is 24.2 Å². The fourth-order valence-electron chi connectivity index (χ4n) is 4.14. The molecule has 3 rings (SSSR count). The van der Waals surface area contributed by atoms with Crippen LogP contribution in [0.2, 0.25) is 0 Å². The first kappa shape index (κ1) is 25.3. The van der Waals surface area contributed by atoms with Gasteiger partial charge in [-0.3, -0.25) is 14.8 Å². The molecule has 0 amide bonds. The number of alkyl halides is 3. The fraction of sp³-hybridized carbons (Fsp3) is 0.750. The van der Waals surface area contributed by atoms with Crippen LogP contribution in [-0.4, -0.2) is 73.8 Å². The zero-order valence-corrected chi connectivity index (χ0v) is 19.8. The van der Waals surface area contributed by atoms with Gasteiger partial charge in [0, 0.05) is 25.7 Å². The summed E-state index contributed by atoms with van der Waals surface area (Å²) in [5.41, 5.74) is 0. The van der Waals surface area contributed by atoms with E-state index in [1.165, 1.54) is 24.2 Å². The number of rotatable bonds is 7. The van der Waals surface area contributed by atoms with Crippen LogP contribution in [0.4, 0.5) is 13.2 Å². The number of aliphatic imine (C=N–C) groups is 1. The molecule has 10 heteroatoms. The average Bonchev–Trinajstić information content (AvgIpc) is 3.34. The lowest BCUT2D eigenvalue weighted by Crippen LogP contribution is -2.45. The Bertz CT molecular complexity index is 635. The Morgan fingerprint density at radius 2 is 2.03 bits per heavy atom. The standard InChI is InChI=1S/C20H32F3N5O.HI/c1-2-24-19(26-16-8-11-27(14-16)15-20(21,22)23)25-13-17(18-7-6-12-29-18)28-9-4-3-5-10-28;/h6-7,12,16-17H,2-5,8-11,13-15H2,1H3,(H2,24,25,26);1H. The molecule has 2 unspecified atom stereocenters. The van der Waals surface area contributed by atoms with Crippen LogP contribution in [0.25, 0.3) is 0 Å². The van der Waals surface area contributed by atoms with E-state index in [9.17, 15) is 13.2 Å². The van der Waals surface area contributed by atoms with Crippen molar-refractivity contribution in [2.24, 2.45) is 4.99 Å². The molecule has 1 aromatic rings. The molecular weight excluding hydrogens is 510 g/mol. The molecule has 172 valence electrons. The third kappa shape index (κ3) is 7.92. The van der Waals surface area contributed by atoms with Crippen molar-refractivity contribution in [2.75, 3.05) is 45.8 Å². The Balaban J connectivity index is 0.00000320. The van der Waals surface area contributed by atoms with Gasteiger partial charge in [-0.15, -0.1) is 24.0 Å². The maximum absolute atomic E-state index is 12.6. The second-order valence-electron chi connectivity index (χ2n) is 7.83. The molecule has 0 aliphatic carbocycles. The van der Waals surface area contributed by atoms with Gasteiger partial charge in [0.2, 0.25) is 0 Å². The van der Waals surface area contributed by atoms with E-state index in [-0.39, 0.29) is 36.1 Å². The summed E-state index contributed by atoms with van der Waals surface area (Å²) in [5.74, 6) is 1.56. The number of furan rings is 1. The number of hydrogen-bond acceptors (Lipinski definition) is 4. The van der Waals surface area contributed by atoms with Gasteiger partial charge in [0.25, 0.3) is 0 Å². The lowest BCUT2D eigenvalue weighted by atomic mass is 10.1. The summed E-state index contributed by atoms with van der Waals surface area (Å²) in [6.07, 6.45) is 1.82. The molecule has 30 heavy (non-hydrogen) atoms. The van der Waals surface area contributed by atoms with E-state index in [2.05, 4.69) is 15.5 Å². The molecule has 0 bridgehead atoms. The fourth-order valence-corrected chi connectivity index (χ4v) is 4.14. The summed E-state index contributed by atoms with van der Waals surface area (Å²) in [5, 5.41) is 6.54. The maximum Gasteiger partial charge on any atom is 0.401 e. The highest BCUT2D eigenvalue weighted by atomic mass is 127. The average molecular weight is 543 g/mol. The van der Waals surface area contributed by atoms with Gasteiger partial charge in [-0.05, 0) is 51.4 Å². The number of nitrogens with zero attached hydrogens (tertiary/aromatic N) is 3. The van der Waals surface area contributed by atoms with E-state index in [4.69, 9.17) is 9.41 Å². The minimum atomic E-state index is -4.15. The number of hydrogen-bond donors (Lipinski definition) is 2. The van der Waals surface area contributed by atoms with Gasteiger partial charge in [-0.25, -0.2) is 0 Å². The Labute approximate surface area is 193 Å². The van der Waals surface area contributed by atoms with Gasteiger partial charge in [0.15, 0.2) is 5.96 Å². The van der Waals surface area contributed by atoms with Crippen LogP contribution in [0.5, 0.6) is 0 Å². The van der Waals surface area contributed by atoms with Crippen LogP contribution in [-0.2, 0) is 0 Å². The van der Waals surface area contributed by atoms with Gasteiger partial charge in [0.05, 0.1) is 25.4 Å². The van der Waals surface area contributed by atoms with Crippen molar-refractivity contribution in [3.63, 3.8) is 0 Å². The Kier molecular flexibility index (Phi) is 10.2. The highest BCUT2D eigenvalue weighted by Crippen LogP contribution is 2.25. The van der Waals surface area contributed by atoms with Gasteiger partial charge >= 0.3 is 6.18 Å². The maximum atomic E-state index is 12.6. The van der Waals surface area contributed by atoms with Crippen LogP contribution in [0.1, 0.15) is 44.4 Å². The zero-order chi connectivity index (χ0) is 20.7. The molecule has 2 fully saturated rings. The van der Waals surface area contributed by atoms with Crippen LogP contribution in [0, 0.1) is 0 Å². The minimum absolute atomic E-state index is 0. The molecule has 0 radical (unpaired) electrons. The Hall–Kier alpha value is -1.01. The molecule has 3 heterocycles. The summed E-state index contributed by atoms with van der Waals surface area (Å²) >= 11 is 0. The zero-order valence-electron chi connectivity index (χ0n) is 17.5. The van der Waals surface area contributed by atoms with Crippen molar-refractivity contribution in [1.29, 1.82) is 0 Å². The highest BCUT2D eigenvalue weighted by molar-refractivity contribution is 14.0. The van der Waals surface area contributed by atoms with E-state index in [0.29, 0.717) is 38.6 Å². The lowest BCUT2D eigenvalue weighted by molar-refractivity contribution is -0.143. The van der Waals surface area contributed by atoms with Gasteiger partial charge < -0.3 is 15.1 Å². The Morgan fingerprint density at radius 1 is 1.27 bits per heavy atom. The van der Waals surface area contributed by atoms with E-state index < -0.39 is 12.7 Å². The molecular formula is C20H33F3IN5O. The molecule has 2 atom stereocenters. The number of halogens is 4. The van der Waals surface area contributed by atoms with Crippen molar-refractivity contribution in [1.82, 2.24) is 20.4 Å². The molecule has 2 N–H and O–H groups in total. The second-order valence-corrected chi connectivity index (χ2v) is 7.83. The van der Waals surface area contributed by atoms with Gasteiger partial charge in [0.1, 0.15) is 5.76 Å². The topological polar surface area (TPSA) is 56.0 Å². The van der Waals surface area contributed by atoms with E-state index in [1.54, 1.807) is 6.26 Å². The van der Waals surface area contributed by atoms with Gasteiger partial charge in [-0.2, -0.15) is 13.2 Å². The molecule has 0 aromatic carbocycles. The molecule has 0 saturated carbocycles. The molecule has 2 saturated heterocycles. The summed E-state index contributed by atoms with van der Waals surface area (Å²) in [6.45, 7) is 5.24. The number of guanidine groups is 1. The monoisotopic (exact) mass is 543 g/mol. The smallest absolute Gasteiger partial charge is 0.401 e. The predicted octanol–water partition coefficient (Wildman–Crippen LogP) is 3.62. The molecule has 6 nitrogen and oxygen atoms in total. The number of likely N-dealkylation sites (tertiary alicyclic amines) is 2. The van der Waals surface area contributed by atoms with Crippen molar-refractivity contribution >= 4 is 29.9 Å². The van der Waals surface area contributed by atoms with E-state index in [0.717, 1.165) is 18.8 Å². The first-order valence-electron chi connectivity index (χ1n) is 10.6. The van der Waals surface area contributed by atoms with Crippen molar-refractivity contribution in [3.8, 4) is 0 Å². The van der Waals surface area contributed by atoms with E-state index >= 15 is 0 Å². The largest absolute Gasteiger partial charge is 0.468 e. The third-order valence-electron chi connectivity index (χ3n) is 5.49. The summed E-state index contributed by atoms with van der Waals surface area (Å²) in [4.78, 5) is 8.62. The SMILES string of the molecule is CCNC(=NCC(c1ccco1)N1CCCCC1)NC1CCN(CC(F)(F)F)C1.I. The van der Waals surface area contributed by atoms with E-state index in [1.807, 2.05) is 19.1 Å². The Morgan fingerprint density at radius 3 is 2.67 bits per heavy atom. The third-order valence-corrected chi connectivity index (χ3v) is 5.49. The quantitative estimate of drug-likeness (QED) is 0.313. The first-order chi connectivity index (χ1) is 13.9. The molecule has 2 aliphatic heterocycles. The van der Waals surface area contributed by atoms with Crippen LogP contribution in [0.15, 0.2) is 27.8 Å². The van der Waals surface area contributed by atoms with Crippen molar-refractivity contribution in [2.45, 2.75) is 50.9 Å². The molecule has 1 aromatic heterocycles. The molecule has 2 aliphatic rings. The minimum Gasteiger partial charge on any atom is -0.468 e. The predicted molar refractivity (Wildman–Crippen MR) is 122 cm³/mol. The number of nitrogens with one attached hydrogen (secondary N) is 2. The summed E-state index contributed by atoms with van der Waals surface area (Å²) in [7, 11) is 0. The van der Waals surface area contributed by atoms with Crippen LogP contribution in [0.3, 0.4) is 0 Å². The normalized spacial score (nSPS) is 22.5. The lowest BCUT2D eigenvalue weighted by Gasteiger charge is -2.32. The second kappa shape index (κ2) is 12.1. The van der Waals surface area contributed by atoms with Crippen molar-refractivity contribution < 1.29 is 17.6 Å².